The van der Waals surface area contributed by atoms with E-state index in [0.29, 0.717) is 5.41 Å². The minimum Gasteiger partial charge on any atom is -0.313 e. The van der Waals surface area contributed by atoms with Gasteiger partial charge in [0.1, 0.15) is 0 Å². The van der Waals surface area contributed by atoms with Gasteiger partial charge in [0.05, 0.1) is 6.20 Å². The van der Waals surface area contributed by atoms with E-state index in [1.807, 2.05) is 10.9 Å². The Labute approximate surface area is 92.9 Å². The lowest BCUT2D eigenvalue weighted by molar-refractivity contribution is 0.341. The molecule has 1 rings (SSSR count). The lowest BCUT2D eigenvalue weighted by Gasteiger charge is -2.17. The molecule has 0 saturated heterocycles. The molecule has 0 fully saturated rings. The molecule has 1 aromatic rings. The first-order valence-electron chi connectivity index (χ1n) is 5.73. The highest BCUT2D eigenvalue weighted by molar-refractivity contribution is 5.03. The Bertz CT molecular complexity index is 283. The van der Waals surface area contributed by atoms with Gasteiger partial charge in [-0.05, 0) is 18.4 Å². The highest BCUT2D eigenvalue weighted by Gasteiger charge is 2.10. The Balaban J connectivity index is 2.39. The zero-order chi connectivity index (χ0) is 11.3. The van der Waals surface area contributed by atoms with Crippen molar-refractivity contribution >= 4 is 0 Å². The second-order valence-electron chi connectivity index (χ2n) is 5.20. The van der Waals surface area contributed by atoms with Crippen LogP contribution in [0, 0.1) is 5.41 Å². The van der Waals surface area contributed by atoms with Gasteiger partial charge in [-0.25, -0.2) is 0 Å². The Morgan fingerprint density at radius 3 is 2.73 bits per heavy atom. The van der Waals surface area contributed by atoms with Crippen molar-refractivity contribution in [3.63, 3.8) is 0 Å². The maximum absolute atomic E-state index is 4.35. The Morgan fingerprint density at radius 1 is 1.40 bits per heavy atom. The lowest BCUT2D eigenvalue weighted by atomic mass is 9.92. The van der Waals surface area contributed by atoms with Crippen molar-refractivity contribution in [2.45, 2.75) is 47.2 Å². The molecule has 0 aliphatic rings. The third kappa shape index (κ3) is 4.98. The third-order valence-corrected chi connectivity index (χ3v) is 2.36. The summed E-state index contributed by atoms with van der Waals surface area (Å²) in [5, 5.41) is 7.65. The number of nitrogens with one attached hydrogen (secondary N) is 1. The number of aryl methyl sites for hydroxylation is 1. The fourth-order valence-corrected chi connectivity index (χ4v) is 1.34. The molecule has 0 spiro atoms. The van der Waals surface area contributed by atoms with Crippen LogP contribution in [0.4, 0.5) is 0 Å². The third-order valence-electron chi connectivity index (χ3n) is 2.36. The Morgan fingerprint density at radius 2 is 2.13 bits per heavy atom. The number of hydrogen-bond acceptors (Lipinski definition) is 2. The molecule has 1 heterocycles. The molecule has 0 aliphatic carbocycles. The summed E-state index contributed by atoms with van der Waals surface area (Å²) in [7, 11) is 0. The molecule has 0 unspecified atom stereocenters. The summed E-state index contributed by atoms with van der Waals surface area (Å²) in [4.78, 5) is 0. The van der Waals surface area contributed by atoms with Crippen LogP contribution < -0.4 is 5.32 Å². The molecule has 0 aromatic carbocycles. The van der Waals surface area contributed by atoms with Crippen LogP contribution in [0.25, 0.3) is 0 Å². The molecule has 15 heavy (non-hydrogen) atoms. The van der Waals surface area contributed by atoms with Crippen LogP contribution in [0.2, 0.25) is 0 Å². The number of nitrogens with zero attached hydrogens (tertiary/aromatic N) is 2. The fourth-order valence-electron chi connectivity index (χ4n) is 1.34. The standard InChI is InChI=1S/C12H23N3/c1-5-13-8-11-9-14-15(10-11)7-6-12(2,3)4/h9-10,13H,5-8H2,1-4H3. The van der Waals surface area contributed by atoms with E-state index in [9.17, 15) is 0 Å². The minimum absolute atomic E-state index is 0.383. The van der Waals surface area contributed by atoms with Gasteiger partial charge in [-0.2, -0.15) is 5.10 Å². The van der Waals surface area contributed by atoms with E-state index in [1.165, 1.54) is 5.56 Å². The van der Waals surface area contributed by atoms with Gasteiger partial charge >= 0.3 is 0 Å². The van der Waals surface area contributed by atoms with E-state index in [-0.39, 0.29) is 0 Å². The second kappa shape index (κ2) is 5.31. The van der Waals surface area contributed by atoms with Gasteiger partial charge < -0.3 is 5.32 Å². The van der Waals surface area contributed by atoms with Crippen molar-refractivity contribution in [1.82, 2.24) is 15.1 Å². The van der Waals surface area contributed by atoms with E-state index in [4.69, 9.17) is 0 Å². The smallest absolute Gasteiger partial charge is 0.0534 e. The first-order valence-corrected chi connectivity index (χ1v) is 5.73. The molecule has 0 amide bonds. The first kappa shape index (κ1) is 12.2. The summed E-state index contributed by atoms with van der Waals surface area (Å²) in [6.07, 6.45) is 5.25. The summed E-state index contributed by atoms with van der Waals surface area (Å²) in [6.45, 7) is 11.8. The van der Waals surface area contributed by atoms with E-state index in [1.54, 1.807) is 0 Å². The van der Waals surface area contributed by atoms with Crippen molar-refractivity contribution in [2.75, 3.05) is 6.54 Å². The van der Waals surface area contributed by atoms with Crippen molar-refractivity contribution in [2.24, 2.45) is 5.41 Å². The van der Waals surface area contributed by atoms with Gasteiger partial charge in [0.25, 0.3) is 0 Å². The van der Waals surface area contributed by atoms with Crippen LogP contribution in [0.1, 0.15) is 39.7 Å². The van der Waals surface area contributed by atoms with Gasteiger partial charge in [0.2, 0.25) is 0 Å². The molecule has 3 nitrogen and oxygen atoms in total. The Kier molecular flexibility index (Phi) is 4.33. The highest BCUT2D eigenvalue weighted by atomic mass is 15.3. The monoisotopic (exact) mass is 209 g/mol. The molecule has 0 saturated carbocycles. The quantitative estimate of drug-likeness (QED) is 0.807. The fraction of sp³-hybridized carbons (Fsp3) is 0.750. The van der Waals surface area contributed by atoms with Gasteiger partial charge in [0.15, 0.2) is 0 Å². The minimum atomic E-state index is 0.383. The summed E-state index contributed by atoms with van der Waals surface area (Å²) in [5.74, 6) is 0. The molecule has 0 bridgehead atoms. The van der Waals surface area contributed by atoms with Crippen LogP contribution in [0.5, 0.6) is 0 Å². The first-order chi connectivity index (χ1) is 7.01. The van der Waals surface area contributed by atoms with E-state index < -0.39 is 0 Å². The van der Waals surface area contributed by atoms with Crippen molar-refractivity contribution in [3.05, 3.63) is 18.0 Å². The van der Waals surface area contributed by atoms with Crippen LogP contribution in [0.15, 0.2) is 12.4 Å². The molecule has 0 aliphatic heterocycles. The molecule has 1 aromatic heterocycles. The van der Waals surface area contributed by atoms with Crippen molar-refractivity contribution in [3.8, 4) is 0 Å². The Hall–Kier alpha value is -0.830. The average Bonchev–Trinajstić information content (AvgIpc) is 2.58. The second-order valence-corrected chi connectivity index (χ2v) is 5.20. The van der Waals surface area contributed by atoms with Crippen LogP contribution in [0.3, 0.4) is 0 Å². The maximum atomic E-state index is 4.35. The van der Waals surface area contributed by atoms with Crippen LogP contribution in [-0.2, 0) is 13.1 Å². The summed E-state index contributed by atoms with van der Waals surface area (Å²) >= 11 is 0. The zero-order valence-corrected chi connectivity index (χ0v) is 10.4. The molecule has 0 atom stereocenters. The number of rotatable bonds is 5. The van der Waals surface area contributed by atoms with Crippen LogP contribution in [-0.4, -0.2) is 16.3 Å². The van der Waals surface area contributed by atoms with E-state index in [2.05, 4.69) is 44.3 Å². The summed E-state index contributed by atoms with van der Waals surface area (Å²) in [5.41, 5.74) is 1.65. The summed E-state index contributed by atoms with van der Waals surface area (Å²) in [6, 6.07) is 0. The highest BCUT2D eigenvalue weighted by Crippen LogP contribution is 2.19. The largest absolute Gasteiger partial charge is 0.313 e. The molecular formula is C12H23N3. The SMILES string of the molecule is CCNCc1cnn(CCC(C)(C)C)c1. The van der Waals surface area contributed by atoms with Gasteiger partial charge in [-0.3, -0.25) is 4.68 Å². The molecule has 0 radical (unpaired) electrons. The topological polar surface area (TPSA) is 29.9 Å². The van der Waals surface area contributed by atoms with Gasteiger partial charge in [0, 0.05) is 24.8 Å². The van der Waals surface area contributed by atoms with Crippen LogP contribution >= 0.6 is 0 Å². The number of hydrogen-bond donors (Lipinski definition) is 1. The van der Waals surface area contributed by atoms with E-state index in [0.717, 1.165) is 26.1 Å². The summed E-state index contributed by atoms with van der Waals surface area (Å²) < 4.78 is 2.04. The van der Waals surface area contributed by atoms with E-state index >= 15 is 0 Å². The maximum Gasteiger partial charge on any atom is 0.0534 e. The molecule has 86 valence electrons. The van der Waals surface area contributed by atoms with Gasteiger partial charge in [-0.15, -0.1) is 0 Å². The predicted molar refractivity (Wildman–Crippen MR) is 63.7 cm³/mol. The molecule has 1 N–H and O–H groups in total. The average molecular weight is 209 g/mol. The molecular weight excluding hydrogens is 186 g/mol. The van der Waals surface area contributed by atoms with Crippen molar-refractivity contribution < 1.29 is 0 Å². The van der Waals surface area contributed by atoms with Gasteiger partial charge in [-0.1, -0.05) is 27.7 Å². The lowest BCUT2D eigenvalue weighted by Crippen LogP contribution is -2.12. The zero-order valence-electron chi connectivity index (χ0n) is 10.4. The normalized spacial score (nSPS) is 12.0. The molecule has 3 heteroatoms. The number of aromatic nitrogens is 2. The predicted octanol–water partition coefficient (Wildman–Crippen LogP) is 2.43. The van der Waals surface area contributed by atoms with Crippen molar-refractivity contribution in [1.29, 1.82) is 0 Å².